The lowest BCUT2D eigenvalue weighted by molar-refractivity contribution is -0.137. The van der Waals surface area contributed by atoms with E-state index in [1.165, 1.54) is 24.3 Å². The zero-order valence-electron chi connectivity index (χ0n) is 27.0. The van der Waals surface area contributed by atoms with Crippen molar-refractivity contribution in [1.82, 2.24) is 20.1 Å². The van der Waals surface area contributed by atoms with E-state index in [-0.39, 0.29) is 16.5 Å². The summed E-state index contributed by atoms with van der Waals surface area (Å²) in [6.07, 6.45) is -1.57. The van der Waals surface area contributed by atoms with Gasteiger partial charge in [-0.1, -0.05) is 42.5 Å². The van der Waals surface area contributed by atoms with Crippen molar-refractivity contribution >= 4 is 26.6 Å². The van der Waals surface area contributed by atoms with E-state index in [1.54, 1.807) is 6.07 Å². The summed E-state index contributed by atoms with van der Waals surface area (Å²) in [5, 5.41) is 3.46. The Kier molecular flexibility index (Phi) is 9.89. The summed E-state index contributed by atoms with van der Waals surface area (Å²) in [6.45, 7) is 6.89. The van der Waals surface area contributed by atoms with Crippen LogP contribution < -0.4 is 5.32 Å². The van der Waals surface area contributed by atoms with Gasteiger partial charge in [-0.3, -0.25) is 14.6 Å². The molecule has 3 aromatic carbocycles. The van der Waals surface area contributed by atoms with Crippen LogP contribution in [0.3, 0.4) is 0 Å². The van der Waals surface area contributed by atoms with Crippen molar-refractivity contribution in [2.75, 3.05) is 45.6 Å². The SMILES string of the molecule is CC(NC(=O)c1c(CN2CCC(N3CCOCC3)CC2)c(-c2ccc(C(F)(F)F)cc2)nc2ccc(S(C)(=O)=O)cc12)c1ccccc1. The average molecular weight is 681 g/mol. The molecule has 1 unspecified atom stereocenters. The van der Waals surface area contributed by atoms with Gasteiger partial charge in [0.1, 0.15) is 0 Å². The van der Waals surface area contributed by atoms with Gasteiger partial charge in [0, 0.05) is 48.4 Å². The molecule has 6 rings (SSSR count). The number of pyridine rings is 1. The number of ether oxygens (including phenoxy) is 1. The number of sulfone groups is 1. The van der Waals surface area contributed by atoms with Crippen molar-refractivity contribution in [2.24, 2.45) is 0 Å². The third kappa shape index (κ3) is 7.57. The van der Waals surface area contributed by atoms with Crippen LogP contribution in [0.15, 0.2) is 77.7 Å². The maximum Gasteiger partial charge on any atom is 0.416 e. The van der Waals surface area contributed by atoms with Crippen LogP contribution >= 0.6 is 0 Å². The minimum Gasteiger partial charge on any atom is -0.379 e. The molecule has 0 aliphatic carbocycles. The molecule has 1 aromatic heterocycles. The largest absolute Gasteiger partial charge is 0.416 e. The Balaban J connectivity index is 1.46. The van der Waals surface area contributed by atoms with Crippen LogP contribution in [0, 0.1) is 0 Å². The normalized spacial score (nSPS) is 17.8. The molecular formula is C36H39F3N4O4S. The molecule has 4 aromatic rings. The molecule has 48 heavy (non-hydrogen) atoms. The van der Waals surface area contributed by atoms with Crippen LogP contribution in [0.4, 0.5) is 13.2 Å². The van der Waals surface area contributed by atoms with Gasteiger partial charge in [0.05, 0.1) is 46.5 Å². The van der Waals surface area contributed by atoms with E-state index in [1.807, 2.05) is 37.3 Å². The van der Waals surface area contributed by atoms with Crippen molar-refractivity contribution in [3.63, 3.8) is 0 Å². The molecule has 0 bridgehead atoms. The molecule has 2 aliphatic heterocycles. The number of carbonyl (C=O) groups is 1. The Labute approximate surface area is 278 Å². The molecule has 12 heteroatoms. The highest BCUT2D eigenvalue weighted by Gasteiger charge is 2.32. The average Bonchev–Trinajstić information content (AvgIpc) is 3.08. The second-order valence-electron chi connectivity index (χ2n) is 12.6. The molecule has 1 N–H and O–H groups in total. The van der Waals surface area contributed by atoms with Crippen LogP contribution in [0.1, 0.15) is 52.9 Å². The molecule has 0 spiro atoms. The van der Waals surface area contributed by atoms with Crippen molar-refractivity contribution in [3.05, 3.63) is 95.1 Å². The molecule has 1 amide bonds. The number of hydrogen-bond donors (Lipinski definition) is 1. The molecule has 3 heterocycles. The number of rotatable bonds is 8. The van der Waals surface area contributed by atoms with Crippen molar-refractivity contribution < 1.29 is 31.1 Å². The second-order valence-corrected chi connectivity index (χ2v) is 14.6. The molecule has 1 atom stereocenters. The highest BCUT2D eigenvalue weighted by molar-refractivity contribution is 7.90. The summed E-state index contributed by atoms with van der Waals surface area (Å²) < 4.78 is 71.4. The summed E-state index contributed by atoms with van der Waals surface area (Å²) in [4.78, 5) is 24.1. The highest BCUT2D eigenvalue weighted by Crippen LogP contribution is 2.36. The number of alkyl halides is 3. The number of hydrogen-bond acceptors (Lipinski definition) is 7. The zero-order valence-corrected chi connectivity index (χ0v) is 27.8. The number of halogens is 3. The summed E-state index contributed by atoms with van der Waals surface area (Å²) >= 11 is 0. The Bertz CT molecular complexity index is 1870. The lowest BCUT2D eigenvalue weighted by atomic mass is 9.93. The minimum atomic E-state index is -4.51. The fourth-order valence-electron chi connectivity index (χ4n) is 6.68. The fraction of sp³-hybridized carbons (Fsp3) is 0.389. The first kappa shape index (κ1) is 34.0. The van der Waals surface area contributed by atoms with Crippen molar-refractivity contribution in [1.29, 1.82) is 0 Å². The summed E-state index contributed by atoms with van der Waals surface area (Å²) in [6, 6.07) is 18.8. The summed E-state index contributed by atoms with van der Waals surface area (Å²) in [7, 11) is -3.63. The van der Waals surface area contributed by atoms with Gasteiger partial charge in [-0.2, -0.15) is 13.2 Å². The van der Waals surface area contributed by atoms with E-state index in [2.05, 4.69) is 15.1 Å². The van der Waals surface area contributed by atoms with Gasteiger partial charge in [0.2, 0.25) is 0 Å². The van der Waals surface area contributed by atoms with E-state index < -0.39 is 27.5 Å². The number of carbonyl (C=O) groups excluding carboxylic acids is 1. The number of fused-ring (bicyclic) bond motifs is 1. The fourth-order valence-corrected chi connectivity index (χ4v) is 7.33. The molecule has 0 radical (unpaired) electrons. The van der Waals surface area contributed by atoms with Crippen molar-refractivity contribution in [2.45, 2.75) is 49.5 Å². The highest BCUT2D eigenvalue weighted by atomic mass is 32.2. The molecule has 2 saturated heterocycles. The molecule has 254 valence electrons. The van der Waals surface area contributed by atoms with E-state index in [0.29, 0.717) is 40.3 Å². The molecule has 2 aliphatic rings. The van der Waals surface area contributed by atoms with Crippen LogP contribution in [0.5, 0.6) is 0 Å². The maximum absolute atomic E-state index is 14.4. The first-order valence-corrected chi connectivity index (χ1v) is 18.0. The number of nitrogens with zero attached hydrogens (tertiary/aromatic N) is 3. The third-order valence-corrected chi connectivity index (χ3v) is 10.5. The van der Waals surface area contributed by atoms with E-state index >= 15 is 0 Å². The maximum atomic E-state index is 14.4. The van der Waals surface area contributed by atoms with Crippen LogP contribution in [0.25, 0.3) is 22.2 Å². The van der Waals surface area contributed by atoms with Crippen LogP contribution in [0.2, 0.25) is 0 Å². The second kappa shape index (κ2) is 13.9. The minimum absolute atomic E-state index is 0.0431. The standard InChI is InChI=1S/C36H39F3N4O4S/c1-24(25-6-4-3-5-7-25)40-35(44)33-30-22-29(48(2,45)46)12-13-32(30)41-34(26-8-10-27(11-9-26)36(37,38)39)31(33)23-42-16-14-28(15-17-42)43-18-20-47-21-19-43/h3-13,22,24,28H,14-21,23H2,1-2H3,(H,40,44). The van der Waals surface area contributed by atoms with Gasteiger partial charge in [0.25, 0.3) is 5.91 Å². The Morgan fingerprint density at radius 3 is 2.27 bits per heavy atom. The van der Waals surface area contributed by atoms with Gasteiger partial charge in [0.15, 0.2) is 9.84 Å². The number of piperidine rings is 1. The summed E-state index contributed by atoms with van der Waals surface area (Å²) in [5.74, 6) is -0.421. The Morgan fingerprint density at radius 1 is 0.979 bits per heavy atom. The number of amides is 1. The predicted molar refractivity (Wildman–Crippen MR) is 178 cm³/mol. The van der Waals surface area contributed by atoms with Gasteiger partial charge >= 0.3 is 6.18 Å². The smallest absolute Gasteiger partial charge is 0.379 e. The first-order chi connectivity index (χ1) is 22.9. The number of nitrogens with one attached hydrogen (secondary N) is 1. The Morgan fingerprint density at radius 2 is 1.65 bits per heavy atom. The van der Waals surface area contributed by atoms with E-state index in [9.17, 15) is 26.4 Å². The monoisotopic (exact) mass is 680 g/mol. The quantitative estimate of drug-likeness (QED) is 0.240. The number of morpholine rings is 1. The summed E-state index contributed by atoms with van der Waals surface area (Å²) in [5.41, 5.74) is 2.08. The number of likely N-dealkylation sites (tertiary alicyclic amines) is 1. The topological polar surface area (TPSA) is 91.8 Å². The molecular weight excluding hydrogens is 641 g/mol. The van der Waals surface area contributed by atoms with Gasteiger partial charge in [-0.05, 0) is 68.8 Å². The van der Waals surface area contributed by atoms with E-state index in [4.69, 9.17) is 9.72 Å². The zero-order chi connectivity index (χ0) is 34.1. The van der Waals surface area contributed by atoms with Crippen LogP contribution in [-0.4, -0.2) is 80.8 Å². The van der Waals surface area contributed by atoms with Gasteiger partial charge in [-0.25, -0.2) is 13.4 Å². The van der Waals surface area contributed by atoms with Crippen LogP contribution in [-0.2, 0) is 27.3 Å². The van der Waals surface area contributed by atoms with Gasteiger partial charge in [-0.15, -0.1) is 0 Å². The number of benzene rings is 3. The van der Waals surface area contributed by atoms with Crippen molar-refractivity contribution in [3.8, 4) is 11.3 Å². The lowest BCUT2D eigenvalue weighted by Gasteiger charge is -2.40. The lowest BCUT2D eigenvalue weighted by Crippen LogP contribution is -2.48. The predicted octanol–water partition coefficient (Wildman–Crippen LogP) is 6.11. The molecule has 8 nitrogen and oxygen atoms in total. The first-order valence-electron chi connectivity index (χ1n) is 16.1. The molecule has 2 fully saturated rings. The Hall–Kier alpha value is -3.84. The number of aromatic nitrogens is 1. The van der Waals surface area contributed by atoms with Gasteiger partial charge < -0.3 is 10.1 Å². The third-order valence-electron chi connectivity index (χ3n) is 9.35. The molecule has 0 saturated carbocycles. The van der Waals surface area contributed by atoms with E-state index in [0.717, 1.165) is 76.2 Å².